The maximum Gasteiger partial charge on any atom is 0.142 e. The summed E-state index contributed by atoms with van der Waals surface area (Å²) in [4.78, 5) is 0. The molecule has 0 aliphatic heterocycles. The largest absolute Gasteiger partial charge is 0.320 e. The van der Waals surface area contributed by atoms with E-state index in [4.69, 9.17) is 5.73 Å². The molecule has 0 aliphatic rings. The second-order valence-electron chi connectivity index (χ2n) is 4.61. The molecule has 0 amide bonds. The number of hydrogen-bond donors (Lipinski definition) is 1. The molecule has 1 atom stereocenters. The Morgan fingerprint density at radius 1 is 1.16 bits per heavy atom. The van der Waals surface area contributed by atoms with Gasteiger partial charge in [-0.15, -0.1) is 0 Å². The highest BCUT2D eigenvalue weighted by Crippen LogP contribution is 2.26. The van der Waals surface area contributed by atoms with E-state index in [1.54, 1.807) is 18.2 Å². The van der Waals surface area contributed by atoms with Gasteiger partial charge >= 0.3 is 0 Å². The SMILES string of the molecule is CCCc1ccc(C(N)c2cccc(Br)c2F)cc1. The Morgan fingerprint density at radius 2 is 1.84 bits per heavy atom. The molecule has 1 unspecified atom stereocenters. The molecule has 0 heterocycles. The van der Waals surface area contributed by atoms with Crippen LogP contribution >= 0.6 is 15.9 Å². The van der Waals surface area contributed by atoms with Crippen LogP contribution in [-0.2, 0) is 6.42 Å². The standard InChI is InChI=1S/C16H17BrFN/c1-2-4-11-7-9-12(10-8-11)16(19)13-5-3-6-14(17)15(13)18/h3,5-10,16H,2,4,19H2,1H3. The van der Waals surface area contributed by atoms with Gasteiger partial charge in [0.15, 0.2) is 0 Å². The summed E-state index contributed by atoms with van der Waals surface area (Å²) >= 11 is 3.19. The summed E-state index contributed by atoms with van der Waals surface area (Å²) in [5.41, 5.74) is 8.87. The lowest BCUT2D eigenvalue weighted by molar-refractivity contribution is 0.593. The minimum Gasteiger partial charge on any atom is -0.320 e. The quantitative estimate of drug-likeness (QED) is 0.875. The average Bonchev–Trinajstić information content (AvgIpc) is 2.42. The van der Waals surface area contributed by atoms with Gasteiger partial charge in [0, 0.05) is 5.56 Å². The van der Waals surface area contributed by atoms with Gasteiger partial charge in [0.1, 0.15) is 5.82 Å². The fraction of sp³-hybridized carbons (Fsp3) is 0.250. The summed E-state index contributed by atoms with van der Waals surface area (Å²) < 4.78 is 14.5. The van der Waals surface area contributed by atoms with Crippen molar-refractivity contribution < 1.29 is 4.39 Å². The van der Waals surface area contributed by atoms with Crippen molar-refractivity contribution in [1.82, 2.24) is 0 Å². The zero-order chi connectivity index (χ0) is 13.8. The lowest BCUT2D eigenvalue weighted by atomic mass is 9.97. The third-order valence-corrected chi connectivity index (χ3v) is 3.81. The lowest BCUT2D eigenvalue weighted by Gasteiger charge is -2.14. The summed E-state index contributed by atoms with van der Waals surface area (Å²) in [5.74, 6) is -0.285. The number of rotatable bonds is 4. The number of nitrogens with two attached hydrogens (primary N) is 1. The molecule has 2 aromatic rings. The predicted molar refractivity (Wildman–Crippen MR) is 80.6 cm³/mol. The topological polar surface area (TPSA) is 26.0 Å². The van der Waals surface area contributed by atoms with Crippen LogP contribution in [0.25, 0.3) is 0 Å². The number of aryl methyl sites for hydroxylation is 1. The van der Waals surface area contributed by atoms with E-state index in [1.165, 1.54) is 5.56 Å². The highest BCUT2D eigenvalue weighted by molar-refractivity contribution is 9.10. The Labute approximate surface area is 121 Å². The van der Waals surface area contributed by atoms with Gasteiger partial charge in [-0.1, -0.05) is 49.7 Å². The van der Waals surface area contributed by atoms with Crippen LogP contribution in [0.3, 0.4) is 0 Å². The van der Waals surface area contributed by atoms with Gasteiger partial charge < -0.3 is 5.73 Å². The van der Waals surface area contributed by atoms with E-state index in [0.717, 1.165) is 18.4 Å². The second-order valence-corrected chi connectivity index (χ2v) is 5.47. The second kappa shape index (κ2) is 6.31. The van der Waals surface area contributed by atoms with Crippen LogP contribution in [-0.4, -0.2) is 0 Å². The first-order chi connectivity index (χ1) is 9.13. The molecule has 2 rings (SSSR count). The molecule has 0 aromatic heterocycles. The van der Waals surface area contributed by atoms with Crippen molar-refractivity contribution in [3.05, 3.63) is 69.4 Å². The average molecular weight is 322 g/mol. The Morgan fingerprint density at radius 3 is 2.47 bits per heavy atom. The van der Waals surface area contributed by atoms with Crippen LogP contribution in [0.1, 0.15) is 36.1 Å². The molecule has 0 radical (unpaired) electrons. The minimum absolute atomic E-state index is 0.285. The Balaban J connectivity index is 2.28. The Kier molecular flexibility index (Phi) is 4.72. The summed E-state index contributed by atoms with van der Waals surface area (Å²) in [6, 6.07) is 12.9. The predicted octanol–water partition coefficient (Wildman–Crippen LogP) is 4.59. The molecular weight excluding hydrogens is 305 g/mol. The molecule has 3 heteroatoms. The Hall–Kier alpha value is -1.19. The molecular formula is C16H17BrFN. The smallest absolute Gasteiger partial charge is 0.142 e. The van der Waals surface area contributed by atoms with Gasteiger partial charge in [-0.25, -0.2) is 4.39 Å². The van der Waals surface area contributed by atoms with Crippen molar-refractivity contribution in [2.75, 3.05) is 0 Å². The third-order valence-electron chi connectivity index (χ3n) is 3.19. The van der Waals surface area contributed by atoms with Crippen LogP contribution in [0.2, 0.25) is 0 Å². The van der Waals surface area contributed by atoms with Gasteiger partial charge in [0.25, 0.3) is 0 Å². The minimum atomic E-state index is -0.437. The molecule has 0 saturated heterocycles. The monoisotopic (exact) mass is 321 g/mol. The van der Waals surface area contributed by atoms with E-state index in [-0.39, 0.29) is 5.82 Å². The van der Waals surface area contributed by atoms with Crippen molar-refractivity contribution in [2.24, 2.45) is 5.73 Å². The number of halogens is 2. The maximum absolute atomic E-state index is 14.0. The van der Waals surface area contributed by atoms with Crippen LogP contribution < -0.4 is 5.73 Å². The third kappa shape index (κ3) is 3.23. The van der Waals surface area contributed by atoms with Crippen LogP contribution in [0, 0.1) is 5.82 Å². The molecule has 2 aromatic carbocycles. The van der Waals surface area contributed by atoms with Gasteiger partial charge in [0.05, 0.1) is 10.5 Å². The van der Waals surface area contributed by atoms with Crippen LogP contribution in [0.5, 0.6) is 0 Å². The summed E-state index contributed by atoms with van der Waals surface area (Å²) in [6.07, 6.45) is 2.17. The fourth-order valence-electron chi connectivity index (χ4n) is 2.12. The maximum atomic E-state index is 14.0. The van der Waals surface area contributed by atoms with Gasteiger partial charge in [-0.2, -0.15) is 0 Å². The molecule has 2 N–H and O–H groups in total. The van der Waals surface area contributed by atoms with Crippen molar-refractivity contribution in [2.45, 2.75) is 25.8 Å². The van der Waals surface area contributed by atoms with E-state index in [1.807, 2.05) is 12.1 Å². The number of benzene rings is 2. The molecule has 0 aliphatic carbocycles. The lowest BCUT2D eigenvalue weighted by Crippen LogP contribution is -2.13. The Bertz CT molecular complexity index is 551. The highest BCUT2D eigenvalue weighted by Gasteiger charge is 2.15. The molecule has 19 heavy (non-hydrogen) atoms. The first kappa shape index (κ1) is 14.2. The van der Waals surface area contributed by atoms with Crippen LogP contribution in [0.15, 0.2) is 46.9 Å². The summed E-state index contributed by atoms with van der Waals surface area (Å²) in [6.45, 7) is 2.15. The van der Waals surface area contributed by atoms with Gasteiger partial charge in [-0.3, -0.25) is 0 Å². The molecule has 0 saturated carbocycles. The molecule has 100 valence electrons. The molecule has 0 fully saturated rings. The first-order valence-electron chi connectivity index (χ1n) is 6.41. The fourth-order valence-corrected chi connectivity index (χ4v) is 2.50. The van der Waals surface area contributed by atoms with Gasteiger partial charge in [0.2, 0.25) is 0 Å². The molecule has 1 nitrogen and oxygen atoms in total. The highest BCUT2D eigenvalue weighted by atomic mass is 79.9. The zero-order valence-corrected chi connectivity index (χ0v) is 12.5. The van der Waals surface area contributed by atoms with E-state index in [0.29, 0.717) is 10.0 Å². The van der Waals surface area contributed by atoms with Crippen molar-refractivity contribution >= 4 is 15.9 Å². The van der Waals surface area contributed by atoms with Crippen molar-refractivity contribution in [3.63, 3.8) is 0 Å². The zero-order valence-electron chi connectivity index (χ0n) is 10.9. The van der Waals surface area contributed by atoms with Crippen molar-refractivity contribution in [3.8, 4) is 0 Å². The van der Waals surface area contributed by atoms with E-state index >= 15 is 0 Å². The summed E-state index contributed by atoms with van der Waals surface area (Å²) in [5, 5.41) is 0. The summed E-state index contributed by atoms with van der Waals surface area (Å²) in [7, 11) is 0. The van der Waals surface area contributed by atoms with E-state index < -0.39 is 6.04 Å². The normalized spacial score (nSPS) is 12.4. The van der Waals surface area contributed by atoms with E-state index in [2.05, 4.69) is 35.0 Å². The molecule has 0 spiro atoms. The number of hydrogen-bond acceptors (Lipinski definition) is 1. The first-order valence-corrected chi connectivity index (χ1v) is 7.21. The van der Waals surface area contributed by atoms with Gasteiger partial charge in [-0.05, 0) is 39.5 Å². The molecule has 0 bridgehead atoms. The van der Waals surface area contributed by atoms with E-state index in [9.17, 15) is 4.39 Å². The van der Waals surface area contributed by atoms with Crippen LogP contribution in [0.4, 0.5) is 4.39 Å². The van der Waals surface area contributed by atoms with Crippen molar-refractivity contribution in [1.29, 1.82) is 0 Å².